The van der Waals surface area contributed by atoms with Crippen LogP contribution < -0.4 is 4.74 Å². The Morgan fingerprint density at radius 3 is 2.27 bits per heavy atom. The van der Waals surface area contributed by atoms with Crippen LogP contribution in [0.4, 0.5) is 22.0 Å². The van der Waals surface area contributed by atoms with E-state index in [9.17, 15) is 36.6 Å². The lowest BCUT2D eigenvalue weighted by Gasteiger charge is -2.31. The van der Waals surface area contributed by atoms with E-state index in [2.05, 4.69) is 10.1 Å². The van der Waals surface area contributed by atoms with Gasteiger partial charge in [-0.15, -0.1) is 0 Å². The molecule has 8 nitrogen and oxygen atoms in total. The van der Waals surface area contributed by atoms with E-state index in [1.165, 1.54) is 17.7 Å². The lowest BCUT2D eigenvalue weighted by atomic mass is 9.89. The number of alkyl halides is 5. The van der Waals surface area contributed by atoms with Crippen molar-refractivity contribution in [1.29, 1.82) is 0 Å². The van der Waals surface area contributed by atoms with Crippen LogP contribution in [0.25, 0.3) is 17.1 Å². The van der Waals surface area contributed by atoms with Gasteiger partial charge in [-0.25, -0.2) is 14.5 Å². The average molecular weight is 615 g/mol. The third kappa shape index (κ3) is 6.12. The molecule has 1 aliphatic heterocycles. The van der Waals surface area contributed by atoms with Crippen molar-refractivity contribution in [3.8, 4) is 22.8 Å². The highest BCUT2D eigenvalue weighted by molar-refractivity contribution is 5.89. The molecule has 44 heavy (non-hydrogen) atoms. The molecule has 230 valence electrons. The van der Waals surface area contributed by atoms with Crippen molar-refractivity contribution in [3.05, 3.63) is 95.3 Å². The molecule has 3 heterocycles. The van der Waals surface area contributed by atoms with Crippen LogP contribution in [0.5, 0.6) is 5.75 Å². The number of aromatic carboxylic acids is 1. The maximum atomic E-state index is 14.5. The van der Waals surface area contributed by atoms with Crippen LogP contribution in [0.1, 0.15) is 52.9 Å². The molecule has 0 radical (unpaired) electrons. The Hall–Kier alpha value is -4.81. The zero-order valence-corrected chi connectivity index (χ0v) is 23.4. The normalized spacial score (nSPS) is 14.5. The summed E-state index contributed by atoms with van der Waals surface area (Å²) in [6.07, 6.45) is -3.86. The molecule has 0 bridgehead atoms. The van der Waals surface area contributed by atoms with Gasteiger partial charge in [0.05, 0.1) is 11.9 Å². The standard InChI is InChI=1S/C31H27F5N4O4/c1-19(41)39-15-13-22(14-16-39)21-11-9-20(10-12-21)18-44-26-7-3-2-5-23(26)25-6-4-8-27(38-25)40-28(24(17-37-40)29(42)43)30(32,33)31(34,35)36/h2-12,17,22H,13-16,18H2,1H3,(H,42,43). The first-order chi connectivity index (χ1) is 20.9. The number of benzene rings is 2. The van der Waals surface area contributed by atoms with Gasteiger partial charge in [0.1, 0.15) is 23.6 Å². The first-order valence-corrected chi connectivity index (χ1v) is 13.7. The van der Waals surface area contributed by atoms with E-state index >= 15 is 0 Å². The highest BCUT2D eigenvalue weighted by atomic mass is 19.4. The number of rotatable bonds is 8. The third-order valence-corrected chi connectivity index (χ3v) is 7.55. The third-order valence-electron chi connectivity index (χ3n) is 7.55. The fourth-order valence-corrected chi connectivity index (χ4v) is 5.19. The molecule has 1 N–H and O–H groups in total. The number of carboxylic acid groups (broad SMARTS) is 1. The molecule has 1 saturated heterocycles. The maximum Gasteiger partial charge on any atom is 0.459 e. The lowest BCUT2D eigenvalue weighted by molar-refractivity contribution is -0.291. The number of pyridine rings is 1. The molecule has 1 aliphatic rings. The Morgan fingerprint density at radius 2 is 1.64 bits per heavy atom. The van der Waals surface area contributed by atoms with Crippen molar-refractivity contribution in [2.45, 2.75) is 44.4 Å². The van der Waals surface area contributed by atoms with Gasteiger partial charge >= 0.3 is 18.1 Å². The first-order valence-electron chi connectivity index (χ1n) is 13.7. The van der Waals surface area contributed by atoms with Gasteiger partial charge in [-0.05, 0) is 54.2 Å². The molecule has 0 aliphatic carbocycles. The monoisotopic (exact) mass is 614 g/mol. The number of piperidine rings is 1. The molecular weight excluding hydrogens is 587 g/mol. The van der Waals surface area contributed by atoms with Crippen LogP contribution in [0.15, 0.2) is 72.9 Å². The molecule has 1 fully saturated rings. The minimum atomic E-state index is -6.07. The summed E-state index contributed by atoms with van der Waals surface area (Å²) in [7, 11) is 0. The van der Waals surface area contributed by atoms with Crippen molar-refractivity contribution in [2.75, 3.05) is 13.1 Å². The Labute approximate surface area is 248 Å². The highest BCUT2D eigenvalue weighted by Gasteiger charge is 2.62. The number of hydrogen-bond acceptors (Lipinski definition) is 5. The number of carboxylic acids is 1. The number of nitrogens with zero attached hydrogens (tertiary/aromatic N) is 4. The number of amides is 1. The van der Waals surface area contributed by atoms with Gasteiger partial charge in [-0.1, -0.05) is 42.5 Å². The molecule has 0 saturated carbocycles. The zero-order chi connectivity index (χ0) is 31.6. The molecule has 2 aromatic carbocycles. The second-order valence-electron chi connectivity index (χ2n) is 10.4. The average Bonchev–Trinajstić information content (AvgIpc) is 3.47. The molecular formula is C31H27F5N4O4. The SMILES string of the molecule is CC(=O)N1CCC(c2ccc(COc3ccccc3-c3cccc(-n4ncc(C(=O)O)c4C(F)(F)C(F)(F)F)n3)cc2)CC1. The van der Waals surface area contributed by atoms with E-state index in [4.69, 9.17) is 4.74 Å². The van der Waals surface area contributed by atoms with E-state index in [1.807, 2.05) is 29.2 Å². The van der Waals surface area contributed by atoms with Crippen LogP contribution in [0, 0.1) is 0 Å². The number of aromatic nitrogens is 3. The Bertz CT molecular complexity index is 1660. The summed E-state index contributed by atoms with van der Waals surface area (Å²) in [5.74, 6) is -7.12. The number of carbonyl (C=O) groups is 2. The summed E-state index contributed by atoms with van der Waals surface area (Å²) in [6.45, 7) is 3.21. The number of likely N-dealkylation sites (tertiary alicyclic amines) is 1. The predicted octanol–water partition coefficient (Wildman–Crippen LogP) is 6.59. The summed E-state index contributed by atoms with van der Waals surface area (Å²) in [5, 5.41) is 12.8. The quantitative estimate of drug-likeness (QED) is 0.225. The van der Waals surface area contributed by atoms with Crippen molar-refractivity contribution in [2.24, 2.45) is 0 Å². The van der Waals surface area contributed by atoms with Crippen LogP contribution in [-0.2, 0) is 17.3 Å². The van der Waals surface area contributed by atoms with Crippen LogP contribution in [0.3, 0.4) is 0 Å². The number of hydrogen-bond donors (Lipinski definition) is 1. The zero-order valence-electron chi connectivity index (χ0n) is 23.4. The Balaban J connectivity index is 1.37. The number of ether oxygens (including phenoxy) is 1. The second kappa shape index (κ2) is 12.1. The summed E-state index contributed by atoms with van der Waals surface area (Å²) >= 11 is 0. The molecule has 0 spiro atoms. The van der Waals surface area contributed by atoms with Gasteiger partial charge in [0.2, 0.25) is 5.91 Å². The van der Waals surface area contributed by atoms with E-state index in [-0.39, 0.29) is 22.9 Å². The van der Waals surface area contributed by atoms with Gasteiger partial charge in [-0.3, -0.25) is 4.79 Å². The summed E-state index contributed by atoms with van der Waals surface area (Å²) in [5.41, 5.74) is -0.478. The van der Waals surface area contributed by atoms with E-state index < -0.39 is 35.1 Å². The first kappa shape index (κ1) is 30.6. The smallest absolute Gasteiger partial charge is 0.459 e. The Kier molecular flexibility index (Phi) is 8.40. The summed E-state index contributed by atoms with van der Waals surface area (Å²) < 4.78 is 75.0. The van der Waals surface area contributed by atoms with Gasteiger partial charge in [0.25, 0.3) is 0 Å². The largest absolute Gasteiger partial charge is 0.488 e. The van der Waals surface area contributed by atoms with E-state index in [1.54, 1.807) is 31.2 Å². The minimum absolute atomic E-state index is 0.0830. The van der Waals surface area contributed by atoms with Gasteiger partial charge in [0.15, 0.2) is 5.82 Å². The van der Waals surface area contributed by atoms with Crippen LogP contribution in [-0.4, -0.2) is 55.9 Å². The number of carbonyl (C=O) groups excluding carboxylic acids is 1. The van der Waals surface area contributed by atoms with Crippen LogP contribution in [0.2, 0.25) is 0 Å². The minimum Gasteiger partial charge on any atom is -0.488 e. The molecule has 0 atom stereocenters. The molecule has 1 amide bonds. The number of para-hydroxylation sites is 1. The van der Waals surface area contributed by atoms with E-state index in [0.29, 0.717) is 23.4 Å². The van der Waals surface area contributed by atoms with Crippen molar-refractivity contribution < 1.29 is 41.4 Å². The molecule has 5 rings (SSSR count). The van der Waals surface area contributed by atoms with Gasteiger partial charge in [0, 0.05) is 25.6 Å². The maximum absolute atomic E-state index is 14.5. The van der Waals surface area contributed by atoms with Crippen molar-refractivity contribution in [3.63, 3.8) is 0 Å². The molecule has 2 aromatic heterocycles. The van der Waals surface area contributed by atoms with Crippen LogP contribution >= 0.6 is 0 Å². The van der Waals surface area contributed by atoms with E-state index in [0.717, 1.165) is 37.6 Å². The highest BCUT2D eigenvalue weighted by Crippen LogP contribution is 2.45. The fourth-order valence-electron chi connectivity index (χ4n) is 5.19. The summed E-state index contributed by atoms with van der Waals surface area (Å²) in [6, 6.07) is 18.7. The molecule has 13 heteroatoms. The van der Waals surface area contributed by atoms with Gasteiger partial charge < -0.3 is 14.7 Å². The molecule has 4 aromatic rings. The lowest BCUT2D eigenvalue weighted by Crippen LogP contribution is -2.37. The summed E-state index contributed by atoms with van der Waals surface area (Å²) in [4.78, 5) is 29.2. The van der Waals surface area contributed by atoms with Crippen molar-refractivity contribution >= 4 is 11.9 Å². The second-order valence-corrected chi connectivity index (χ2v) is 10.4. The Morgan fingerprint density at radius 1 is 0.955 bits per heavy atom. The van der Waals surface area contributed by atoms with Crippen molar-refractivity contribution in [1.82, 2.24) is 19.7 Å². The molecule has 0 unspecified atom stereocenters. The fraction of sp³-hybridized carbons (Fsp3) is 0.290. The predicted molar refractivity (Wildman–Crippen MR) is 149 cm³/mol. The number of halogens is 5. The topological polar surface area (TPSA) is 97.6 Å². The van der Waals surface area contributed by atoms with Gasteiger partial charge in [-0.2, -0.15) is 27.1 Å².